The summed E-state index contributed by atoms with van der Waals surface area (Å²) in [6.07, 6.45) is 5.04. The number of amides is 3. The standard InChI is InChI=1S/C23H30N2O5/c1-14(2)11-12-25-21(27)18-10-9-16(13-19(18)22(25)28)23(29)30-15(3)20(26)24-17-7-5-4-6-8-17/h9-10,13-15,17H,4-8,11-12H2,1-3H3,(H,24,26)/t15-/m0/s1. The van der Waals surface area contributed by atoms with Crippen molar-refractivity contribution in [3.8, 4) is 0 Å². The Morgan fingerprint density at radius 1 is 1.07 bits per heavy atom. The molecule has 0 aromatic heterocycles. The Morgan fingerprint density at radius 3 is 2.40 bits per heavy atom. The lowest BCUT2D eigenvalue weighted by molar-refractivity contribution is -0.130. The Balaban J connectivity index is 1.63. The van der Waals surface area contributed by atoms with Gasteiger partial charge in [0.1, 0.15) is 0 Å². The molecule has 2 aliphatic rings. The van der Waals surface area contributed by atoms with E-state index in [-0.39, 0.29) is 29.0 Å². The van der Waals surface area contributed by atoms with E-state index in [2.05, 4.69) is 5.32 Å². The first kappa shape index (κ1) is 22.0. The summed E-state index contributed by atoms with van der Waals surface area (Å²) in [4.78, 5) is 51.2. The summed E-state index contributed by atoms with van der Waals surface area (Å²) in [5.41, 5.74) is 0.652. The number of rotatable bonds is 7. The van der Waals surface area contributed by atoms with E-state index in [0.29, 0.717) is 24.4 Å². The summed E-state index contributed by atoms with van der Waals surface area (Å²) in [5, 5.41) is 2.94. The predicted octanol–water partition coefficient (Wildman–Crippen LogP) is 3.32. The maximum Gasteiger partial charge on any atom is 0.338 e. The van der Waals surface area contributed by atoms with E-state index >= 15 is 0 Å². The fraction of sp³-hybridized carbons (Fsp3) is 0.565. The Kier molecular flexibility index (Phi) is 6.90. The average Bonchev–Trinajstić information content (AvgIpc) is 2.96. The molecule has 7 nitrogen and oxygen atoms in total. The van der Waals surface area contributed by atoms with Crippen molar-refractivity contribution in [3.63, 3.8) is 0 Å². The van der Waals surface area contributed by atoms with Crippen molar-refractivity contribution < 1.29 is 23.9 Å². The molecule has 1 fully saturated rings. The van der Waals surface area contributed by atoms with Gasteiger partial charge in [-0.2, -0.15) is 0 Å². The second-order valence-corrected chi connectivity index (χ2v) is 8.60. The number of carbonyl (C=O) groups is 4. The van der Waals surface area contributed by atoms with Gasteiger partial charge in [-0.25, -0.2) is 4.79 Å². The normalized spacial score (nSPS) is 17.8. The van der Waals surface area contributed by atoms with Gasteiger partial charge in [0, 0.05) is 12.6 Å². The number of carbonyl (C=O) groups excluding carboxylic acids is 4. The quantitative estimate of drug-likeness (QED) is 0.546. The van der Waals surface area contributed by atoms with Gasteiger partial charge in [-0.1, -0.05) is 33.1 Å². The van der Waals surface area contributed by atoms with E-state index in [4.69, 9.17) is 4.74 Å². The van der Waals surface area contributed by atoms with Gasteiger partial charge in [-0.3, -0.25) is 19.3 Å². The molecule has 1 aliphatic carbocycles. The zero-order valence-corrected chi connectivity index (χ0v) is 17.9. The van der Waals surface area contributed by atoms with Crippen LogP contribution in [0.2, 0.25) is 0 Å². The number of hydrogen-bond acceptors (Lipinski definition) is 5. The number of esters is 1. The second-order valence-electron chi connectivity index (χ2n) is 8.60. The first-order valence-electron chi connectivity index (χ1n) is 10.8. The molecule has 3 rings (SSSR count). The highest BCUT2D eigenvalue weighted by Gasteiger charge is 2.36. The van der Waals surface area contributed by atoms with E-state index < -0.39 is 18.0 Å². The van der Waals surface area contributed by atoms with Crippen LogP contribution < -0.4 is 5.32 Å². The third-order valence-corrected chi connectivity index (χ3v) is 5.74. The highest BCUT2D eigenvalue weighted by Crippen LogP contribution is 2.25. The first-order chi connectivity index (χ1) is 14.3. The molecule has 0 unspecified atom stereocenters. The molecule has 1 aromatic carbocycles. The van der Waals surface area contributed by atoms with Gasteiger partial charge < -0.3 is 10.1 Å². The summed E-state index contributed by atoms with van der Waals surface area (Å²) in [6, 6.07) is 4.46. The van der Waals surface area contributed by atoms with Gasteiger partial charge in [0.05, 0.1) is 16.7 Å². The molecule has 162 valence electrons. The van der Waals surface area contributed by atoms with Crippen LogP contribution in [-0.2, 0) is 9.53 Å². The lowest BCUT2D eigenvalue weighted by Crippen LogP contribution is -2.42. The summed E-state index contributed by atoms with van der Waals surface area (Å²) in [5.74, 6) is -1.38. The third kappa shape index (κ3) is 4.89. The molecule has 1 atom stereocenters. The van der Waals surface area contributed by atoms with E-state index in [0.717, 1.165) is 25.7 Å². The van der Waals surface area contributed by atoms with E-state index in [9.17, 15) is 19.2 Å². The van der Waals surface area contributed by atoms with Gasteiger partial charge in [-0.05, 0) is 50.3 Å². The lowest BCUT2D eigenvalue weighted by Gasteiger charge is -2.24. The molecule has 0 saturated heterocycles. The number of ether oxygens (including phenoxy) is 1. The fourth-order valence-corrected chi connectivity index (χ4v) is 3.86. The van der Waals surface area contributed by atoms with Crippen molar-refractivity contribution in [3.05, 3.63) is 34.9 Å². The van der Waals surface area contributed by atoms with Gasteiger partial charge in [0.2, 0.25) is 0 Å². The summed E-state index contributed by atoms with van der Waals surface area (Å²) in [7, 11) is 0. The number of nitrogens with one attached hydrogen (secondary N) is 1. The molecule has 1 saturated carbocycles. The molecule has 1 N–H and O–H groups in total. The SMILES string of the molecule is CC(C)CCN1C(=O)c2ccc(C(=O)O[C@@H](C)C(=O)NC3CCCCC3)cc2C1=O. The largest absolute Gasteiger partial charge is 0.449 e. The van der Waals surface area contributed by atoms with Crippen LogP contribution in [0.25, 0.3) is 0 Å². The molecular formula is C23H30N2O5. The molecule has 0 spiro atoms. The van der Waals surface area contributed by atoms with Crippen LogP contribution in [0, 0.1) is 5.92 Å². The lowest BCUT2D eigenvalue weighted by atomic mass is 9.95. The maximum absolute atomic E-state index is 12.6. The Morgan fingerprint density at radius 2 is 1.73 bits per heavy atom. The van der Waals surface area contributed by atoms with E-state index in [1.165, 1.54) is 36.4 Å². The van der Waals surface area contributed by atoms with Gasteiger partial charge in [0.25, 0.3) is 17.7 Å². The van der Waals surface area contributed by atoms with Crippen molar-refractivity contribution in [2.75, 3.05) is 6.54 Å². The molecule has 0 radical (unpaired) electrons. The number of imide groups is 1. The van der Waals surface area contributed by atoms with Gasteiger partial charge in [0.15, 0.2) is 6.10 Å². The fourth-order valence-electron chi connectivity index (χ4n) is 3.86. The maximum atomic E-state index is 12.6. The smallest absolute Gasteiger partial charge is 0.338 e. The topological polar surface area (TPSA) is 92.8 Å². The predicted molar refractivity (Wildman–Crippen MR) is 111 cm³/mol. The molecule has 30 heavy (non-hydrogen) atoms. The van der Waals surface area contributed by atoms with Crippen LogP contribution in [0.4, 0.5) is 0 Å². The van der Waals surface area contributed by atoms with Crippen LogP contribution >= 0.6 is 0 Å². The summed E-state index contributed by atoms with van der Waals surface area (Å²) < 4.78 is 5.31. The Bertz CT molecular complexity index is 842. The van der Waals surface area contributed by atoms with Crippen molar-refractivity contribution in [1.82, 2.24) is 10.2 Å². The minimum absolute atomic E-state index is 0.132. The Hall–Kier alpha value is -2.70. The van der Waals surface area contributed by atoms with Crippen LogP contribution in [0.3, 0.4) is 0 Å². The third-order valence-electron chi connectivity index (χ3n) is 5.74. The molecule has 1 heterocycles. The van der Waals surface area contributed by atoms with Crippen LogP contribution in [0.15, 0.2) is 18.2 Å². The zero-order chi connectivity index (χ0) is 21.8. The van der Waals surface area contributed by atoms with Crippen molar-refractivity contribution in [1.29, 1.82) is 0 Å². The number of benzene rings is 1. The summed E-state index contributed by atoms with van der Waals surface area (Å²) >= 11 is 0. The molecular weight excluding hydrogens is 384 g/mol. The van der Waals surface area contributed by atoms with Crippen LogP contribution in [0.5, 0.6) is 0 Å². The zero-order valence-electron chi connectivity index (χ0n) is 17.9. The Labute approximate surface area is 177 Å². The molecule has 1 aromatic rings. The van der Waals surface area contributed by atoms with Crippen LogP contribution in [-0.4, -0.2) is 47.3 Å². The summed E-state index contributed by atoms with van der Waals surface area (Å²) in [6.45, 7) is 5.93. The van der Waals surface area contributed by atoms with Crippen molar-refractivity contribution in [2.24, 2.45) is 5.92 Å². The highest BCUT2D eigenvalue weighted by molar-refractivity contribution is 6.22. The number of hydrogen-bond donors (Lipinski definition) is 1. The first-order valence-corrected chi connectivity index (χ1v) is 10.8. The number of nitrogens with zero attached hydrogens (tertiary/aromatic N) is 1. The molecule has 3 amide bonds. The monoisotopic (exact) mass is 414 g/mol. The minimum Gasteiger partial charge on any atom is -0.449 e. The van der Waals surface area contributed by atoms with Gasteiger partial charge in [-0.15, -0.1) is 0 Å². The van der Waals surface area contributed by atoms with Gasteiger partial charge >= 0.3 is 5.97 Å². The second kappa shape index (κ2) is 9.41. The number of fused-ring (bicyclic) bond motifs is 1. The highest BCUT2D eigenvalue weighted by atomic mass is 16.5. The minimum atomic E-state index is -0.937. The average molecular weight is 415 g/mol. The molecule has 1 aliphatic heterocycles. The molecule has 7 heteroatoms. The van der Waals surface area contributed by atoms with Crippen molar-refractivity contribution in [2.45, 2.75) is 71.4 Å². The van der Waals surface area contributed by atoms with Crippen LogP contribution in [0.1, 0.15) is 90.4 Å². The van der Waals surface area contributed by atoms with E-state index in [1.807, 2.05) is 13.8 Å². The van der Waals surface area contributed by atoms with Crippen molar-refractivity contribution >= 4 is 23.7 Å². The molecule has 0 bridgehead atoms. The van der Waals surface area contributed by atoms with E-state index in [1.54, 1.807) is 0 Å².